The number of nitrogens with zero attached hydrogens (tertiary/aromatic N) is 2. The first-order chi connectivity index (χ1) is 12.7. The number of hydrogen-bond acceptors (Lipinski definition) is 5. The Balaban J connectivity index is 1.60. The summed E-state index contributed by atoms with van der Waals surface area (Å²) >= 11 is 0. The molecule has 0 saturated carbocycles. The van der Waals surface area contributed by atoms with Gasteiger partial charge in [0.1, 0.15) is 0 Å². The first-order valence-electron chi connectivity index (χ1n) is 8.52. The van der Waals surface area contributed by atoms with Crippen molar-refractivity contribution in [2.24, 2.45) is 0 Å². The predicted octanol–water partition coefficient (Wildman–Crippen LogP) is 4.62. The van der Waals surface area contributed by atoms with Crippen LogP contribution in [0.2, 0.25) is 0 Å². The van der Waals surface area contributed by atoms with Crippen LogP contribution in [0.15, 0.2) is 65.1 Å². The van der Waals surface area contributed by atoms with Crippen LogP contribution < -0.4 is 0 Å². The third-order valence-electron chi connectivity index (χ3n) is 3.90. The molecule has 1 heterocycles. The SMILES string of the molecule is CCc1ccc(/C=C/C(=O)O[C@H](C)c2nnc(-c3ccccc3)o2)cc1. The minimum atomic E-state index is -0.625. The Labute approximate surface area is 152 Å². The quantitative estimate of drug-likeness (QED) is 0.480. The highest BCUT2D eigenvalue weighted by molar-refractivity contribution is 5.87. The summed E-state index contributed by atoms with van der Waals surface area (Å²) in [5.41, 5.74) is 3.01. The summed E-state index contributed by atoms with van der Waals surface area (Å²) in [5.74, 6) is 0.199. The predicted molar refractivity (Wildman–Crippen MR) is 99.1 cm³/mol. The second-order valence-electron chi connectivity index (χ2n) is 5.82. The number of esters is 1. The van der Waals surface area contributed by atoms with E-state index in [-0.39, 0.29) is 5.89 Å². The summed E-state index contributed by atoms with van der Waals surface area (Å²) in [6, 6.07) is 17.5. The van der Waals surface area contributed by atoms with Gasteiger partial charge in [0.15, 0.2) is 6.10 Å². The minimum Gasteiger partial charge on any atom is -0.449 e. The van der Waals surface area contributed by atoms with Gasteiger partial charge in [-0.05, 0) is 42.7 Å². The number of aromatic nitrogens is 2. The van der Waals surface area contributed by atoms with Crippen molar-refractivity contribution in [2.45, 2.75) is 26.4 Å². The van der Waals surface area contributed by atoms with Crippen molar-refractivity contribution in [3.8, 4) is 11.5 Å². The van der Waals surface area contributed by atoms with Gasteiger partial charge in [-0.25, -0.2) is 4.79 Å². The molecule has 0 saturated heterocycles. The molecule has 0 fully saturated rings. The van der Waals surface area contributed by atoms with Crippen LogP contribution in [0.5, 0.6) is 0 Å². The van der Waals surface area contributed by atoms with Gasteiger partial charge >= 0.3 is 5.97 Å². The van der Waals surface area contributed by atoms with E-state index in [1.807, 2.05) is 54.6 Å². The average molecular weight is 348 g/mol. The molecule has 0 bridgehead atoms. The number of aryl methyl sites for hydroxylation is 1. The van der Waals surface area contributed by atoms with Gasteiger partial charge in [-0.1, -0.05) is 49.4 Å². The van der Waals surface area contributed by atoms with E-state index in [1.165, 1.54) is 11.6 Å². The Morgan fingerprint density at radius 2 is 1.85 bits per heavy atom. The first kappa shape index (κ1) is 17.6. The molecule has 132 valence electrons. The second kappa shape index (κ2) is 8.25. The van der Waals surface area contributed by atoms with Gasteiger partial charge in [0.25, 0.3) is 5.89 Å². The molecule has 1 atom stereocenters. The van der Waals surface area contributed by atoms with Crippen molar-refractivity contribution in [3.05, 3.63) is 77.7 Å². The van der Waals surface area contributed by atoms with E-state index in [0.29, 0.717) is 5.89 Å². The normalized spacial score (nSPS) is 12.2. The molecule has 26 heavy (non-hydrogen) atoms. The number of carbonyl (C=O) groups is 1. The van der Waals surface area contributed by atoms with Gasteiger partial charge in [-0.15, -0.1) is 10.2 Å². The molecule has 0 aliphatic heterocycles. The van der Waals surface area contributed by atoms with E-state index in [1.54, 1.807) is 13.0 Å². The van der Waals surface area contributed by atoms with E-state index < -0.39 is 12.1 Å². The summed E-state index contributed by atoms with van der Waals surface area (Å²) in [6.45, 7) is 3.80. The number of ether oxygens (including phenoxy) is 1. The number of benzene rings is 2. The molecule has 5 heteroatoms. The molecule has 0 aliphatic rings. The maximum atomic E-state index is 12.0. The van der Waals surface area contributed by atoms with Gasteiger partial charge in [0, 0.05) is 11.6 Å². The van der Waals surface area contributed by atoms with E-state index in [0.717, 1.165) is 17.5 Å². The fraction of sp³-hybridized carbons (Fsp3) is 0.190. The molecule has 3 rings (SSSR count). The molecule has 0 spiro atoms. The van der Waals surface area contributed by atoms with Crippen molar-refractivity contribution in [1.82, 2.24) is 10.2 Å². The van der Waals surface area contributed by atoms with Crippen molar-refractivity contribution in [2.75, 3.05) is 0 Å². The van der Waals surface area contributed by atoms with Gasteiger partial charge in [-0.3, -0.25) is 0 Å². The van der Waals surface area contributed by atoms with Crippen LogP contribution in [0.3, 0.4) is 0 Å². The van der Waals surface area contributed by atoms with E-state index in [2.05, 4.69) is 17.1 Å². The maximum absolute atomic E-state index is 12.0. The third-order valence-corrected chi connectivity index (χ3v) is 3.90. The van der Waals surface area contributed by atoms with Crippen molar-refractivity contribution in [1.29, 1.82) is 0 Å². The number of hydrogen-bond donors (Lipinski definition) is 0. The molecular weight excluding hydrogens is 328 g/mol. The van der Waals surface area contributed by atoms with Crippen LogP contribution in [0.1, 0.15) is 37.0 Å². The summed E-state index contributed by atoms with van der Waals surface area (Å²) in [7, 11) is 0. The molecule has 2 aromatic carbocycles. The number of rotatable bonds is 6. The largest absolute Gasteiger partial charge is 0.449 e. The summed E-state index contributed by atoms with van der Waals surface area (Å²) in [4.78, 5) is 12.0. The van der Waals surface area contributed by atoms with Crippen molar-refractivity contribution < 1.29 is 13.9 Å². The Morgan fingerprint density at radius 1 is 1.12 bits per heavy atom. The summed E-state index contributed by atoms with van der Waals surface area (Å²) in [6.07, 6.45) is 3.47. The zero-order chi connectivity index (χ0) is 18.4. The van der Waals surface area contributed by atoms with Crippen molar-refractivity contribution >= 4 is 12.0 Å². The van der Waals surface area contributed by atoms with Gasteiger partial charge in [0.05, 0.1) is 0 Å². The molecule has 0 radical (unpaired) electrons. The Kier molecular flexibility index (Phi) is 5.59. The topological polar surface area (TPSA) is 65.2 Å². The molecule has 3 aromatic rings. The lowest BCUT2D eigenvalue weighted by Crippen LogP contribution is -2.06. The van der Waals surface area contributed by atoms with Gasteiger partial charge in [-0.2, -0.15) is 0 Å². The molecule has 0 amide bonds. The Hall–Kier alpha value is -3.21. The molecule has 1 aromatic heterocycles. The minimum absolute atomic E-state index is 0.262. The highest BCUT2D eigenvalue weighted by atomic mass is 16.6. The number of carbonyl (C=O) groups excluding carboxylic acids is 1. The van der Waals surface area contributed by atoms with Crippen LogP contribution in [0.4, 0.5) is 0 Å². The van der Waals surface area contributed by atoms with E-state index >= 15 is 0 Å². The third kappa shape index (κ3) is 4.45. The molecule has 5 nitrogen and oxygen atoms in total. The van der Waals surface area contributed by atoms with E-state index in [4.69, 9.17) is 9.15 Å². The fourth-order valence-corrected chi connectivity index (χ4v) is 2.39. The van der Waals surface area contributed by atoms with Gasteiger partial charge in [0.2, 0.25) is 5.89 Å². The zero-order valence-electron chi connectivity index (χ0n) is 14.8. The first-order valence-corrected chi connectivity index (χ1v) is 8.52. The monoisotopic (exact) mass is 348 g/mol. The smallest absolute Gasteiger partial charge is 0.331 e. The lowest BCUT2D eigenvalue weighted by atomic mass is 10.1. The van der Waals surface area contributed by atoms with Crippen molar-refractivity contribution in [3.63, 3.8) is 0 Å². The van der Waals surface area contributed by atoms with Crippen LogP contribution in [-0.4, -0.2) is 16.2 Å². The maximum Gasteiger partial charge on any atom is 0.331 e. The standard InChI is InChI=1S/C21H20N2O3/c1-3-16-9-11-17(12-10-16)13-14-19(24)25-15(2)20-22-23-21(26-20)18-7-5-4-6-8-18/h4-15H,3H2,1-2H3/b14-13+/t15-/m1/s1. The van der Waals surface area contributed by atoms with E-state index in [9.17, 15) is 4.79 Å². The van der Waals surface area contributed by atoms with Gasteiger partial charge < -0.3 is 9.15 Å². The molecule has 0 N–H and O–H groups in total. The molecule has 0 unspecified atom stereocenters. The highest BCUT2D eigenvalue weighted by Crippen LogP contribution is 2.22. The second-order valence-corrected chi connectivity index (χ2v) is 5.82. The van der Waals surface area contributed by atoms with Crippen LogP contribution in [0.25, 0.3) is 17.5 Å². The lowest BCUT2D eigenvalue weighted by Gasteiger charge is -2.06. The summed E-state index contributed by atoms with van der Waals surface area (Å²) in [5, 5.41) is 7.96. The van der Waals surface area contributed by atoms with Crippen LogP contribution in [0, 0.1) is 0 Å². The highest BCUT2D eigenvalue weighted by Gasteiger charge is 2.17. The zero-order valence-corrected chi connectivity index (χ0v) is 14.8. The lowest BCUT2D eigenvalue weighted by molar-refractivity contribution is -0.143. The van der Waals surface area contributed by atoms with Crippen LogP contribution in [-0.2, 0) is 16.0 Å². The molecule has 0 aliphatic carbocycles. The average Bonchev–Trinajstić information content (AvgIpc) is 3.18. The van der Waals surface area contributed by atoms with Crippen LogP contribution >= 0.6 is 0 Å². The Bertz CT molecular complexity index is 883. The Morgan fingerprint density at radius 3 is 2.54 bits per heavy atom. The molecular formula is C21H20N2O3. The fourth-order valence-electron chi connectivity index (χ4n) is 2.39. The summed E-state index contributed by atoms with van der Waals surface area (Å²) < 4.78 is 10.9.